The van der Waals surface area contributed by atoms with Gasteiger partial charge < -0.3 is 15.5 Å². The molecule has 1 rings (SSSR count). The lowest BCUT2D eigenvalue weighted by atomic mass is 10.2. The highest BCUT2D eigenvalue weighted by molar-refractivity contribution is 5.80. The Bertz CT molecular complexity index is 417. The van der Waals surface area contributed by atoms with Gasteiger partial charge in [0.25, 0.3) is 0 Å². The fraction of sp³-hybridized carbons (Fsp3) is 0.625. The minimum atomic E-state index is 0.0293. The molecule has 0 bridgehead atoms. The van der Waals surface area contributed by atoms with Gasteiger partial charge in [-0.3, -0.25) is 4.79 Å². The lowest BCUT2D eigenvalue weighted by Crippen LogP contribution is -2.37. The molecule has 0 saturated heterocycles. The predicted octanol–water partition coefficient (Wildman–Crippen LogP) is 1.79. The van der Waals surface area contributed by atoms with Gasteiger partial charge in [0.2, 0.25) is 5.91 Å². The second-order valence-corrected chi connectivity index (χ2v) is 5.76. The largest absolute Gasteiger partial charge is 0.354 e. The first-order chi connectivity index (χ1) is 10.0. The molecule has 0 aliphatic carbocycles. The molecule has 5 nitrogen and oxygen atoms in total. The van der Waals surface area contributed by atoms with Crippen LogP contribution in [0.5, 0.6) is 0 Å². The molecule has 0 saturated carbocycles. The van der Waals surface area contributed by atoms with Gasteiger partial charge in [0.15, 0.2) is 0 Å². The molecule has 0 aliphatic heterocycles. The van der Waals surface area contributed by atoms with E-state index in [1.165, 1.54) is 0 Å². The van der Waals surface area contributed by atoms with E-state index in [2.05, 4.69) is 36.4 Å². The van der Waals surface area contributed by atoms with Crippen LogP contribution in [0.2, 0.25) is 0 Å². The molecule has 0 atom stereocenters. The summed E-state index contributed by atoms with van der Waals surface area (Å²) in [5, 5.41) is 6.25. The van der Waals surface area contributed by atoms with Crippen molar-refractivity contribution in [1.82, 2.24) is 15.6 Å². The van der Waals surface area contributed by atoms with Crippen LogP contribution in [0.1, 0.15) is 32.8 Å². The highest BCUT2D eigenvalue weighted by Crippen LogP contribution is 2.09. The molecule has 0 radical (unpaired) electrons. The van der Waals surface area contributed by atoms with Gasteiger partial charge in [0, 0.05) is 26.3 Å². The number of anilines is 1. The van der Waals surface area contributed by atoms with Gasteiger partial charge in [0.1, 0.15) is 5.82 Å². The molecule has 5 heteroatoms. The lowest BCUT2D eigenvalue weighted by Gasteiger charge is -2.18. The average Bonchev–Trinajstić information content (AvgIpc) is 2.46. The Morgan fingerprint density at radius 1 is 1.38 bits per heavy atom. The van der Waals surface area contributed by atoms with Crippen LogP contribution in [0.15, 0.2) is 18.3 Å². The molecule has 118 valence electrons. The maximum absolute atomic E-state index is 11.8. The van der Waals surface area contributed by atoms with E-state index in [1.807, 2.05) is 30.3 Å². The van der Waals surface area contributed by atoms with Crippen molar-refractivity contribution in [2.24, 2.45) is 5.92 Å². The van der Waals surface area contributed by atoms with Crippen molar-refractivity contribution in [2.45, 2.75) is 33.7 Å². The quantitative estimate of drug-likeness (QED) is 0.681. The van der Waals surface area contributed by atoms with Gasteiger partial charge in [-0.25, -0.2) is 4.98 Å². The Kier molecular flexibility index (Phi) is 7.75. The zero-order valence-electron chi connectivity index (χ0n) is 13.6. The van der Waals surface area contributed by atoms with E-state index in [0.29, 0.717) is 19.0 Å². The number of amides is 1. The summed E-state index contributed by atoms with van der Waals surface area (Å²) in [4.78, 5) is 18.1. The van der Waals surface area contributed by atoms with E-state index in [0.717, 1.165) is 30.9 Å². The molecule has 21 heavy (non-hydrogen) atoms. The molecule has 0 spiro atoms. The first-order valence-corrected chi connectivity index (χ1v) is 7.66. The standard InChI is InChI=1S/C16H28N4O/c1-5-8-17-10-14-6-7-15(18-11-14)20(4)12-16(21)19-9-13(2)3/h6-7,11,13,17H,5,8-10,12H2,1-4H3,(H,19,21). The zero-order chi connectivity index (χ0) is 15.7. The second-order valence-electron chi connectivity index (χ2n) is 5.76. The van der Waals surface area contributed by atoms with E-state index in [-0.39, 0.29) is 5.91 Å². The van der Waals surface area contributed by atoms with Gasteiger partial charge in [-0.05, 0) is 30.5 Å². The van der Waals surface area contributed by atoms with Crippen molar-refractivity contribution in [3.05, 3.63) is 23.9 Å². The van der Waals surface area contributed by atoms with E-state index in [4.69, 9.17) is 0 Å². The van der Waals surface area contributed by atoms with Crippen LogP contribution in [0.25, 0.3) is 0 Å². The minimum Gasteiger partial charge on any atom is -0.354 e. The van der Waals surface area contributed by atoms with Crippen molar-refractivity contribution in [2.75, 3.05) is 31.6 Å². The Morgan fingerprint density at radius 2 is 2.14 bits per heavy atom. The molecule has 0 aromatic carbocycles. The van der Waals surface area contributed by atoms with E-state index in [1.54, 1.807) is 0 Å². The number of rotatable bonds is 9. The summed E-state index contributed by atoms with van der Waals surface area (Å²) < 4.78 is 0. The summed E-state index contributed by atoms with van der Waals surface area (Å²) in [5.74, 6) is 1.31. The first-order valence-electron chi connectivity index (χ1n) is 7.66. The molecule has 0 aliphatic rings. The van der Waals surface area contributed by atoms with Crippen LogP contribution >= 0.6 is 0 Å². The number of nitrogens with one attached hydrogen (secondary N) is 2. The highest BCUT2D eigenvalue weighted by Gasteiger charge is 2.08. The van der Waals surface area contributed by atoms with Crippen molar-refractivity contribution >= 4 is 11.7 Å². The topological polar surface area (TPSA) is 57.3 Å². The summed E-state index contributed by atoms with van der Waals surface area (Å²) in [6, 6.07) is 4.01. The second kappa shape index (κ2) is 9.34. The van der Waals surface area contributed by atoms with E-state index < -0.39 is 0 Å². The SMILES string of the molecule is CCCNCc1ccc(N(C)CC(=O)NCC(C)C)nc1. The number of hydrogen-bond donors (Lipinski definition) is 2. The van der Waals surface area contributed by atoms with Crippen LogP contribution in [-0.4, -0.2) is 37.6 Å². The van der Waals surface area contributed by atoms with Crippen molar-refractivity contribution in [3.63, 3.8) is 0 Å². The molecular weight excluding hydrogens is 264 g/mol. The molecule has 0 unspecified atom stereocenters. The monoisotopic (exact) mass is 292 g/mol. The van der Waals surface area contributed by atoms with Crippen molar-refractivity contribution in [1.29, 1.82) is 0 Å². The number of carbonyl (C=O) groups is 1. The summed E-state index contributed by atoms with van der Waals surface area (Å²) in [6.45, 7) is 9.19. The fourth-order valence-corrected chi connectivity index (χ4v) is 1.83. The Hall–Kier alpha value is -1.62. The molecule has 1 aromatic rings. The first kappa shape index (κ1) is 17.4. The molecule has 1 heterocycles. The van der Waals surface area contributed by atoms with Gasteiger partial charge in [-0.1, -0.05) is 26.8 Å². The van der Waals surface area contributed by atoms with Crippen molar-refractivity contribution < 1.29 is 4.79 Å². The Morgan fingerprint density at radius 3 is 2.71 bits per heavy atom. The van der Waals surface area contributed by atoms with Gasteiger partial charge in [-0.2, -0.15) is 0 Å². The minimum absolute atomic E-state index is 0.0293. The van der Waals surface area contributed by atoms with Gasteiger partial charge in [0.05, 0.1) is 6.54 Å². The van der Waals surface area contributed by atoms with Crippen LogP contribution < -0.4 is 15.5 Å². The summed E-state index contributed by atoms with van der Waals surface area (Å²) >= 11 is 0. The molecule has 1 amide bonds. The lowest BCUT2D eigenvalue weighted by molar-refractivity contribution is -0.119. The van der Waals surface area contributed by atoms with E-state index >= 15 is 0 Å². The highest BCUT2D eigenvalue weighted by atomic mass is 16.2. The summed E-state index contributed by atoms with van der Waals surface area (Å²) in [5.41, 5.74) is 1.16. The van der Waals surface area contributed by atoms with Crippen molar-refractivity contribution in [3.8, 4) is 0 Å². The Balaban J connectivity index is 2.43. The maximum atomic E-state index is 11.8. The number of carbonyl (C=O) groups excluding carboxylic acids is 1. The number of aromatic nitrogens is 1. The third-order valence-electron chi connectivity index (χ3n) is 3.04. The molecule has 0 fully saturated rings. The predicted molar refractivity (Wildman–Crippen MR) is 87.4 cm³/mol. The van der Waals surface area contributed by atoms with Crippen LogP contribution in [0, 0.1) is 5.92 Å². The van der Waals surface area contributed by atoms with E-state index in [9.17, 15) is 4.79 Å². The zero-order valence-corrected chi connectivity index (χ0v) is 13.6. The summed E-state index contributed by atoms with van der Waals surface area (Å²) in [7, 11) is 1.88. The average molecular weight is 292 g/mol. The van der Waals surface area contributed by atoms with Gasteiger partial charge in [-0.15, -0.1) is 0 Å². The number of hydrogen-bond acceptors (Lipinski definition) is 4. The van der Waals surface area contributed by atoms with Crippen LogP contribution in [0.3, 0.4) is 0 Å². The number of likely N-dealkylation sites (N-methyl/N-ethyl adjacent to an activating group) is 1. The number of nitrogens with zero attached hydrogens (tertiary/aromatic N) is 2. The molecular formula is C16H28N4O. The van der Waals surface area contributed by atoms with Gasteiger partial charge >= 0.3 is 0 Å². The molecule has 2 N–H and O–H groups in total. The normalized spacial score (nSPS) is 10.7. The fourth-order valence-electron chi connectivity index (χ4n) is 1.83. The maximum Gasteiger partial charge on any atom is 0.239 e. The third kappa shape index (κ3) is 7.09. The number of pyridine rings is 1. The summed E-state index contributed by atoms with van der Waals surface area (Å²) in [6.07, 6.45) is 2.99. The molecule has 1 aromatic heterocycles. The smallest absolute Gasteiger partial charge is 0.239 e. The van der Waals surface area contributed by atoms with Crippen LogP contribution in [-0.2, 0) is 11.3 Å². The third-order valence-corrected chi connectivity index (χ3v) is 3.04. The van der Waals surface area contributed by atoms with Crippen LogP contribution in [0.4, 0.5) is 5.82 Å². The Labute approximate surface area is 128 Å².